The SMILES string of the molecule is Cc1cc(C)c2c(N)cc(C3CC3)nc2c1. The third-order valence-corrected chi connectivity index (χ3v) is 3.30. The molecule has 1 aliphatic carbocycles. The van der Waals surface area contributed by atoms with Crippen LogP contribution in [0.1, 0.15) is 35.6 Å². The van der Waals surface area contributed by atoms with E-state index in [1.807, 2.05) is 0 Å². The van der Waals surface area contributed by atoms with Gasteiger partial charge in [0.1, 0.15) is 0 Å². The summed E-state index contributed by atoms with van der Waals surface area (Å²) in [6, 6.07) is 6.35. The molecule has 1 heterocycles. The van der Waals surface area contributed by atoms with E-state index >= 15 is 0 Å². The van der Waals surface area contributed by atoms with Crippen LogP contribution in [0.25, 0.3) is 10.9 Å². The summed E-state index contributed by atoms with van der Waals surface area (Å²) >= 11 is 0. The van der Waals surface area contributed by atoms with Crippen LogP contribution in [-0.2, 0) is 0 Å². The van der Waals surface area contributed by atoms with Crippen molar-refractivity contribution in [3.05, 3.63) is 35.0 Å². The number of rotatable bonds is 1. The fourth-order valence-electron chi connectivity index (χ4n) is 2.40. The molecule has 1 aliphatic rings. The van der Waals surface area contributed by atoms with Crippen LogP contribution in [0.2, 0.25) is 0 Å². The first-order chi connectivity index (χ1) is 7.65. The molecule has 1 aromatic carbocycles. The number of nitrogens with two attached hydrogens (primary N) is 1. The van der Waals surface area contributed by atoms with Crippen molar-refractivity contribution in [2.75, 3.05) is 5.73 Å². The lowest BCUT2D eigenvalue weighted by Gasteiger charge is -2.09. The van der Waals surface area contributed by atoms with Crippen molar-refractivity contribution < 1.29 is 0 Å². The summed E-state index contributed by atoms with van der Waals surface area (Å²) in [6.45, 7) is 4.21. The lowest BCUT2D eigenvalue weighted by Crippen LogP contribution is -1.96. The smallest absolute Gasteiger partial charge is 0.0731 e. The maximum Gasteiger partial charge on any atom is 0.0731 e. The van der Waals surface area contributed by atoms with E-state index in [0.29, 0.717) is 5.92 Å². The van der Waals surface area contributed by atoms with Crippen LogP contribution in [0, 0.1) is 13.8 Å². The van der Waals surface area contributed by atoms with Crippen molar-refractivity contribution in [3.63, 3.8) is 0 Å². The summed E-state index contributed by atoms with van der Waals surface area (Å²) in [4.78, 5) is 4.74. The number of benzene rings is 1. The Labute approximate surface area is 95.5 Å². The number of nitrogen functional groups attached to an aromatic ring is 1. The predicted octanol–water partition coefficient (Wildman–Crippen LogP) is 3.31. The third-order valence-electron chi connectivity index (χ3n) is 3.30. The van der Waals surface area contributed by atoms with Gasteiger partial charge in [0, 0.05) is 22.7 Å². The predicted molar refractivity (Wildman–Crippen MR) is 67.6 cm³/mol. The Bertz CT molecular complexity index is 568. The Balaban J connectivity index is 2.32. The number of aryl methyl sites for hydroxylation is 2. The fraction of sp³-hybridized carbons (Fsp3) is 0.357. The molecule has 82 valence electrons. The Morgan fingerprint density at radius 2 is 1.94 bits per heavy atom. The number of nitrogens with zero attached hydrogens (tertiary/aromatic N) is 1. The molecule has 1 aromatic heterocycles. The van der Waals surface area contributed by atoms with E-state index in [9.17, 15) is 0 Å². The van der Waals surface area contributed by atoms with Gasteiger partial charge in [-0.15, -0.1) is 0 Å². The van der Waals surface area contributed by atoms with Crippen LogP contribution in [-0.4, -0.2) is 4.98 Å². The molecule has 0 spiro atoms. The highest BCUT2D eigenvalue weighted by molar-refractivity contribution is 5.93. The maximum absolute atomic E-state index is 6.13. The highest BCUT2D eigenvalue weighted by Gasteiger charge is 2.25. The van der Waals surface area contributed by atoms with Crippen molar-refractivity contribution in [1.82, 2.24) is 4.98 Å². The summed E-state index contributed by atoms with van der Waals surface area (Å²) in [5.74, 6) is 0.660. The molecular weight excluding hydrogens is 196 g/mol. The molecule has 2 aromatic rings. The normalized spacial score (nSPS) is 15.6. The minimum atomic E-state index is 0.660. The van der Waals surface area contributed by atoms with Gasteiger partial charge in [0.2, 0.25) is 0 Å². The van der Waals surface area contributed by atoms with Crippen LogP contribution in [0.4, 0.5) is 5.69 Å². The van der Waals surface area contributed by atoms with Gasteiger partial charge in [0.15, 0.2) is 0 Å². The number of pyridine rings is 1. The molecule has 0 aliphatic heterocycles. The standard InChI is InChI=1S/C14H16N2/c1-8-5-9(2)14-11(15)7-12(10-3-4-10)16-13(14)6-8/h5-7,10H,3-4H2,1-2H3,(H2,15,16). The summed E-state index contributed by atoms with van der Waals surface area (Å²) < 4.78 is 0. The van der Waals surface area contributed by atoms with E-state index in [4.69, 9.17) is 10.7 Å². The van der Waals surface area contributed by atoms with Crippen LogP contribution in [0.15, 0.2) is 18.2 Å². The van der Waals surface area contributed by atoms with Crippen LogP contribution in [0.5, 0.6) is 0 Å². The monoisotopic (exact) mass is 212 g/mol. The van der Waals surface area contributed by atoms with E-state index in [-0.39, 0.29) is 0 Å². The van der Waals surface area contributed by atoms with E-state index in [2.05, 4.69) is 32.0 Å². The zero-order valence-electron chi connectivity index (χ0n) is 9.75. The fourth-order valence-corrected chi connectivity index (χ4v) is 2.40. The molecule has 0 radical (unpaired) electrons. The summed E-state index contributed by atoms with van der Waals surface area (Å²) in [7, 11) is 0. The molecule has 0 atom stereocenters. The van der Waals surface area contributed by atoms with Gasteiger partial charge in [-0.25, -0.2) is 0 Å². The van der Waals surface area contributed by atoms with Gasteiger partial charge in [0.25, 0.3) is 0 Å². The Morgan fingerprint density at radius 1 is 1.19 bits per heavy atom. The van der Waals surface area contributed by atoms with Gasteiger partial charge in [-0.3, -0.25) is 4.98 Å². The molecule has 0 unspecified atom stereocenters. The molecule has 2 N–H and O–H groups in total. The van der Waals surface area contributed by atoms with Crippen molar-refractivity contribution in [2.45, 2.75) is 32.6 Å². The lowest BCUT2D eigenvalue weighted by molar-refractivity contribution is 1.04. The van der Waals surface area contributed by atoms with Crippen molar-refractivity contribution in [2.24, 2.45) is 0 Å². The number of hydrogen-bond donors (Lipinski definition) is 1. The van der Waals surface area contributed by atoms with Gasteiger partial charge in [-0.05, 0) is 49.9 Å². The largest absolute Gasteiger partial charge is 0.398 e. The van der Waals surface area contributed by atoms with Crippen molar-refractivity contribution in [1.29, 1.82) is 0 Å². The molecule has 0 bridgehead atoms. The van der Waals surface area contributed by atoms with Crippen LogP contribution in [0.3, 0.4) is 0 Å². The first-order valence-electron chi connectivity index (χ1n) is 5.82. The molecule has 0 amide bonds. The summed E-state index contributed by atoms with van der Waals surface area (Å²) in [5, 5.41) is 1.12. The summed E-state index contributed by atoms with van der Waals surface area (Å²) in [6.07, 6.45) is 2.53. The Hall–Kier alpha value is -1.57. The second-order valence-electron chi connectivity index (χ2n) is 4.89. The van der Waals surface area contributed by atoms with E-state index in [0.717, 1.165) is 16.6 Å². The summed E-state index contributed by atoms with van der Waals surface area (Å²) in [5.41, 5.74) is 11.7. The zero-order chi connectivity index (χ0) is 11.3. The number of fused-ring (bicyclic) bond motifs is 1. The van der Waals surface area contributed by atoms with Gasteiger partial charge in [-0.1, -0.05) is 6.07 Å². The van der Waals surface area contributed by atoms with Gasteiger partial charge in [0.05, 0.1) is 5.52 Å². The minimum absolute atomic E-state index is 0.660. The first kappa shape index (κ1) is 9.64. The average Bonchev–Trinajstić information content (AvgIpc) is 2.97. The van der Waals surface area contributed by atoms with E-state index in [1.54, 1.807) is 0 Å². The van der Waals surface area contributed by atoms with Crippen molar-refractivity contribution in [3.8, 4) is 0 Å². The van der Waals surface area contributed by atoms with Gasteiger partial charge < -0.3 is 5.73 Å². The molecule has 2 heteroatoms. The number of hydrogen-bond acceptors (Lipinski definition) is 2. The Morgan fingerprint density at radius 3 is 2.62 bits per heavy atom. The lowest BCUT2D eigenvalue weighted by atomic mass is 10.0. The molecular formula is C14H16N2. The van der Waals surface area contributed by atoms with E-state index < -0.39 is 0 Å². The van der Waals surface area contributed by atoms with Crippen LogP contribution < -0.4 is 5.73 Å². The highest BCUT2D eigenvalue weighted by Crippen LogP contribution is 2.41. The molecule has 1 saturated carbocycles. The van der Waals surface area contributed by atoms with Gasteiger partial charge in [-0.2, -0.15) is 0 Å². The molecule has 2 nitrogen and oxygen atoms in total. The third kappa shape index (κ3) is 1.45. The van der Waals surface area contributed by atoms with Crippen molar-refractivity contribution >= 4 is 16.6 Å². The molecule has 3 rings (SSSR count). The molecule has 0 saturated heterocycles. The first-order valence-corrected chi connectivity index (χ1v) is 5.82. The molecule has 1 fully saturated rings. The second-order valence-corrected chi connectivity index (χ2v) is 4.89. The zero-order valence-corrected chi connectivity index (χ0v) is 9.75. The highest BCUT2D eigenvalue weighted by atomic mass is 14.7. The quantitative estimate of drug-likeness (QED) is 0.787. The topological polar surface area (TPSA) is 38.9 Å². The molecule has 16 heavy (non-hydrogen) atoms. The Kier molecular flexibility index (Phi) is 1.93. The van der Waals surface area contributed by atoms with E-state index in [1.165, 1.54) is 29.7 Å². The van der Waals surface area contributed by atoms with Crippen LogP contribution >= 0.6 is 0 Å². The number of anilines is 1. The minimum Gasteiger partial charge on any atom is -0.398 e. The average molecular weight is 212 g/mol. The van der Waals surface area contributed by atoms with Gasteiger partial charge >= 0.3 is 0 Å². The number of aromatic nitrogens is 1. The maximum atomic E-state index is 6.13. The second kappa shape index (κ2) is 3.21.